The Morgan fingerprint density at radius 3 is 2.79 bits per heavy atom. The lowest BCUT2D eigenvalue weighted by atomic mass is 9.96. The molecule has 150 valence electrons. The normalized spacial score (nSPS) is 15.9. The first-order chi connectivity index (χ1) is 13.5. The van der Waals surface area contributed by atoms with Gasteiger partial charge in [0, 0.05) is 18.3 Å². The molecule has 1 aliphatic heterocycles. The number of ether oxygens (including phenoxy) is 2. The zero-order chi connectivity index (χ0) is 20.1. The van der Waals surface area contributed by atoms with Crippen LogP contribution in [-0.2, 0) is 17.8 Å². The fourth-order valence-corrected chi connectivity index (χ4v) is 3.43. The number of fused-ring (bicyclic) bond motifs is 1. The van der Waals surface area contributed by atoms with E-state index >= 15 is 0 Å². The molecular weight excluding hydrogens is 366 g/mol. The van der Waals surface area contributed by atoms with Crippen molar-refractivity contribution >= 4 is 11.6 Å². The van der Waals surface area contributed by atoms with Crippen molar-refractivity contribution in [3.63, 3.8) is 0 Å². The van der Waals surface area contributed by atoms with E-state index in [0.717, 1.165) is 24.1 Å². The van der Waals surface area contributed by atoms with Crippen molar-refractivity contribution in [3.05, 3.63) is 53.6 Å². The van der Waals surface area contributed by atoms with Gasteiger partial charge in [0.15, 0.2) is 11.5 Å². The number of hydrogen-bond acceptors (Lipinski definition) is 4. The van der Waals surface area contributed by atoms with Crippen LogP contribution in [0.2, 0.25) is 0 Å². The van der Waals surface area contributed by atoms with Crippen LogP contribution in [0.5, 0.6) is 11.5 Å². The molecule has 0 aromatic heterocycles. The Bertz CT molecular complexity index is 829. The summed E-state index contributed by atoms with van der Waals surface area (Å²) in [6.07, 6.45) is 2.02. The van der Waals surface area contributed by atoms with Gasteiger partial charge in [-0.3, -0.25) is 4.79 Å². The minimum absolute atomic E-state index is 0.0358. The van der Waals surface area contributed by atoms with E-state index in [2.05, 4.69) is 27.9 Å². The second-order valence-electron chi connectivity index (χ2n) is 6.78. The molecule has 1 heterocycles. The summed E-state index contributed by atoms with van der Waals surface area (Å²) < 4.78 is 34.3. The highest BCUT2D eigenvalue weighted by atomic mass is 19.3. The number of rotatable bonds is 7. The van der Waals surface area contributed by atoms with Crippen molar-refractivity contribution in [1.82, 2.24) is 5.32 Å². The van der Waals surface area contributed by atoms with E-state index in [1.807, 2.05) is 18.2 Å². The van der Waals surface area contributed by atoms with Gasteiger partial charge in [0.1, 0.15) is 0 Å². The zero-order valence-electron chi connectivity index (χ0n) is 16.0. The Morgan fingerprint density at radius 2 is 2.04 bits per heavy atom. The van der Waals surface area contributed by atoms with Crippen molar-refractivity contribution in [1.29, 1.82) is 0 Å². The number of nitrogens with one attached hydrogen (secondary N) is 1. The zero-order valence-corrected chi connectivity index (χ0v) is 16.0. The average molecular weight is 390 g/mol. The molecule has 2 aromatic carbocycles. The second-order valence-corrected chi connectivity index (χ2v) is 6.78. The Balaban J connectivity index is 1.62. The predicted molar refractivity (Wildman–Crippen MR) is 103 cm³/mol. The number of nitrogens with zero attached hydrogens (tertiary/aromatic N) is 1. The van der Waals surface area contributed by atoms with E-state index in [0.29, 0.717) is 0 Å². The van der Waals surface area contributed by atoms with Gasteiger partial charge in [-0.05, 0) is 49.1 Å². The van der Waals surface area contributed by atoms with E-state index < -0.39 is 6.61 Å². The van der Waals surface area contributed by atoms with Gasteiger partial charge in [0.25, 0.3) is 0 Å². The maximum atomic E-state index is 12.5. The molecule has 0 aliphatic carbocycles. The third kappa shape index (κ3) is 4.71. The molecule has 1 amide bonds. The number of alkyl halides is 2. The summed E-state index contributed by atoms with van der Waals surface area (Å²) in [5.74, 6) is 0.0624. The third-order valence-electron chi connectivity index (χ3n) is 4.91. The molecule has 7 heteroatoms. The van der Waals surface area contributed by atoms with E-state index in [9.17, 15) is 13.6 Å². The lowest BCUT2D eigenvalue weighted by molar-refractivity contribution is -0.120. The minimum atomic E-state index is -2.92. The van der Waals surface area contributed by atoms with Gasteiger partial charge in [-0.15, -0.1) is 0 Å². The summed E-state index contributed by atoms with van der Waals surface area (Å²) in [6, 6.07) is 13.0. The van der Waals surface area contributed by atoms with E-state index in [4.69, 9.17) is 4.74 Å². The lowest BCUT2D eigenvalue weighted by Gasteiger charge is -2.36. The van der Waals surface area contributed by atoms with Crippen LogP contribution in [0.1, 0.15) is 24.5 Å². The maximum Gasteiger partial charge on any atom is 0.387 e. The minimum Gasteiger partial charge on any atom is -0.493 e. The van der Waals surface area contributed by atoms with Crippen LogP contribution in [0.15, 0.2) is 42.5 Å². The van der Waals surface area contributed by atoms with Crippen LogP contribution < -0.4 is 19.7 Å². The molecule has 0 bridgehead atoms. The Hall–Kier alpha value is -2.83. The van der Waals surface area contributed by atoms with Crippen molar-refractivity contribution in [2.75, 3.05) is 18.6 Å². The second kappa shape index (κ2) is 8.91. The molecule has 0 radical (unpaired) electrons. The first-order valence-electron chi connectivity index (χ1n) is 9.21. The molecule has 2 aromatic rings. The summed E-state index contributed by atoms with van der Waals surface area (Å²) >= 11 is 0. The molecule has 1 atom stereocenters. The van der Waals surface area contributed by atoms with Crippen LogP contribution in [0, 0.1) is 0 Å². The van der Waals surface area contributed by atoms with Crippen molar-refractivity contribution in [2.45, 2.75) is 39.0 Å². The monoisotopic (exact) mass is 390 g/mol. The number of amides is 1. The average Bonchev–Trinajstić information content (AvgIpc) is 2.69. The van der Waals surface area contributed by atoms with Crippen molar-refractivity contribution < 1.29 is 23.0 Å². The molecule has 0 saturated heterocycles. The van der Waals surface area contributed by atoms with Crippen LogP contribution in [-0.4, -0.2) is 32.2 Å². The highest BCUT2D eigenvalue weighted by Crippen LogP contribution is 2.31. The topological polar surface area (TPSA) is 50.8 Å². The highest BCUT2D eigenvalue weighted by molar-refractivity contribution is 5.82. The molecule has 0 spiro atoms. The molecule has 3 rings (SSSR count). The number of carbonyl (C=O) groups excluding carboxylic acids is 1. The van der Waals surface area contributed by atoms with Gasteiger partial charge < -0.3 is 19.7 Å². The first kappa shape index (κ1) is 19.9. The molecule has 0 fully saturated rings. The highest BCUT2D eigenvalue weighted by Gasteiger charge is 2.24. The van der Waals surface area contributed by atoms with Gasteiger partial charge in [-0.2, -0.15) is 8.78 Å². The number of benzene rings is 2. The number of methoxy groups -OCH3 is 1. The van der Waals surface area contributed by atoms with Crippen LogP contribution in [0.3, 0.4) is 0 Å². The number of aryl methyl sites for hydroxylation is 1. The number of para-hydroxylation sites is 1. The fourth-order valence-electron chi connectivity index (χ4n) is 3.43. The van der Waals surface area contributed by atoms with Gasteiger partial charge in [-0.1, -0.05) is 24.3 Å². The largest absolute Gasteiger partial charge is 0.493 e. The summed E-state index contributed by atoms with van der Waals surface area (Å²) in [5.41, 5.74) is 3.10. The summed E-state index contributed by atoms with van der Waals surface area (Å²) in [4.78, 5) is 14.6. The van der Waals surface area contributed by atoms with E-state index in [1.54, 1.807) is 12.1 Å². The molecule has 28 heavy (non-hydrogen) atoms. The van der Waals surface area contributed by atoms with Crippen molar-refractivity contribution in [2.24, 2.45) is 0 Å². The summed E-state index contributed by atoms with van der Waals surface area (Å²) in [6.45, 7) is -0.264. The molecule has 0 unspecified atom stereocenters. The molecule has 5 nitrogen and oxygen atoms in total. The lowest BCUT2D eigenvalue weighted by Crippen LogP contribution is -2.44. The molecular formula is C21H24F2N2O3. The molecule has 1 aliphatic rings. The van der Waals surface area contributed by atoms with E-state index in [1.165, 1.54) is 18.7 Å². The standard InChI is InChI=1S/C21H24F2N2O3/c1-14-7-9-16-5-3-4-6-17(16)25(14)13-20(26)24-12-15-8-10-18(28-21(22)23)19(11-15)27-2/h3-6,8,10-11,14,21H,7,9,12-13H2,1-2H3,(H,24,26)/t14-/m0/s1. The third-order valence-corrected chi connectivity index (χ3v) is 4.91. The van der Waals surface area contributed by atoms with Crippen LogP contribution >= 0.6 is 0 Å². The van der Waals surface area contributed by atoms with Gasteiger partial charge >= 0.3 is 6.61 Å². The van der Waals surface area contributed by atoms with Crippen LogP contribution in [0.25, 0.3) is 0 Å². The quantitative estimate of drug-likeness (QED) is 0.782. The predicted octanol–water partition coefficient (Wildman–Crippen LogP) is 3.75. The molecule has 1 N–H and O–H groups in total. The number of anilines is 1. The fraction of sp³-hybridized carbons (Fsp3) is 0.381. The summed E-state index contributed by atoms with van der Waals surface area (Å²) in [7, 11) is 1.38. The van der Waals surface area contributed by atoms with Gasteiger partial charge in [0.05, 0.1) is 13.7 Å². The SMILES string of the molecule is COc1cc(CNC(=O)CN2c3ccccc3CC[C@@H]2C)ccc1OC(F)F. The number of hydrogen-bond donors (Lipinski definition) is 1. The Labute approximate surface area is 163 Å². The summed E-state index contributed by atoms with van der Waals surface area (Å²) in [5, 5.41) is 2.88. The van der Waals surface area contributed by atoms with Gasteiger partial charge in [-0.25, -0.2) is 0 Å². The number of halogens is 2. The smallest absolute Gasteiger partial charge is 0.387 e. The molecule has 0 saturated carbocycles. The Morgan fingerprint density at radius 1 is 1.25 bits per heavy atom. The van der Waals surface area contributed by atoms with Gasteiger partial charge in [0.2, 0.25) is 5.91 Å². The number of carbonyl (C=O) groups is 1. The first-order valence-corrected chi connectivity index (χ1v) is 9.21. The van der Waals surface area contributed by atoms with Crippen LogP contribution in [0.4, 0.5) is 14.5 Å². The van der Waals surface area contributed by atoms with E-state index in [-0.39, 0.29) is 36.5 Å². The Kier molecular flexibility index (Phi) is 6.34. The van der Waals surface area contributed by atoms with Crippen molar-refractivity contribution in [3.8, 4) is 11.5 Å². The maximum absolute atomic E-state index is 12.5.